The fourth-order valence-electron chi connectivity index (χ4n) is 4.04. The Morgan fingerprint density at radius 3 is 2.72 bits per heavy atom. The van der Waals surface area contributed by atoms with Gasteiger partial charge in [0.1, 0.15) is 0 Å². The van der Waals surface area contributed by atoms with Crippen LogP contribution in [0.2, 0.25) is 0 Å². The van der Waals surface area contributed by atoms with Crippen LogP contribution in [0.4, 0.5) is 0 Å². The van der Waals surface area contributed by atoms with E-state index in [1.807, 2.05) is 31.9 Å². The molecule has 1 aromatic heterocycles. The van der Waals surface area contributed by atoms with Crippen molar-refractivity contribution < 1.29 is 9.53 Å². The maximum absolute atomic E-state index is 13.0. The van der Waals surface area contributed by atoms with Gasteiger partial charge >= 0.3 is 0 Å². The van der Waals surface area contributed by atoms with Crippen molar-refractivity contribution in [3.63, 3.8) is 0 Å². The van der Waals surface area contributed by atoms with Crippen LogP contribution in [0.1, 0.15) is 60.1 Å². The maximum Gasteiger partial charge on any atom is 0.274 e. The van der Waals surface area contributed by atoms with E-state index in [1.54, 1.807) is 0 Å². The average Bonchev–Trinajstić information content (AvgIpc) is 3.26. The first-order valence-electron chi connectivity index (χ1n) is 9.04. The van der Waals surface area contributed by atoms with Gasteiger partial charge in [0, 0.05) is 31.0 Å². The van der Waals surface area contributed by atoms with Gasteiger partial charge in [-0.25, -0.2) is 0 Å². The van der Waals surface area contributed by atoms with Gasteiger partial charge in [-0.2, -0.15) is 5.10 Å². The molecular weight excluding hydrogens is 314 g/mol. The van der Waals surface area contributed by atoms with Gasteiger partial charge in [0.25, 0.3) is 5.91 Å². The van der Waals surface area contributed by atoms with E-state index in [0.717, 1.165) is 37.1 Å². The largest absolute Gasteiger partial charge is 0.369 e. The lowest BCUT2D eigenvalue weighted by molar-refractivity contribution is -0.00701. The van der Waals surface area contributed by atoms with E-state index in [1.165, 1.54) is 5.56 Å². The van der Waals surface area contributed by atoms with Gasteiger partial charge in [0.15, 0.2) is 5.69 Å². The highest BCUT2D eigenvalue weighted by Crippen LogP contribution is 2.48. The number of nitrogens with one attached hydrogen (secondary N) is 1. The predicted molar refractivity (Wildman–Crippen MR) is 95.6 cm³/mol. The Balaban J connectivity index is 1.54. The van der Waals surface area contributed by atoms with Crippen molar-refractivity contribution in [2.45, 2.75) is 50.7 Å². The molecule has 1 N–H and O–H groups in total. The number of carbonyl (C=O) groups is 1. The summed E-state index contributed by atoms with van der Waals surface area (Å²) in [6.07, 6.45) is 3.06. The molecule has 2 atom stereocenters. The zero-order valence-corrected chi connectivity index (χ0v) is 15.1. The Morgan fingerprint density at radius 1 is 1.32 bits per heavy atom. The fraction of sp³-hybridized carbons (Fsp3) is 0.500. The molecule has 5 nitrogen and oxygen atoms in total. The monoisotopic (exact) mass is 339 g/mol. The van der Waals surface area contributed by atoms with Crippen LogP contribution in [0, 0.1) is 0 Å². The molecule has 1 aliphatic heterocycles. The summed E-state index contributed by atoms with van der Waals surface area (Å²) in [4.78, 5) is 14.9. The molecule has 1 aromatic carbocycles. The molecule has 2 aliphatic rings. The summed E-state index contributed by atoms with van der Waals surface area (Å²) in [5.74, 6) is 0.000932. The number of aromatic amines is 1. The van der Waals surface area contributed by atoms with E-state index in [-0.39, 0.29) is 23.5 Å². The number of fused-ring (bicyclic) bond motifs is 1. The van der Waals surface area contributed by atoms with E-state index in [9.17, 15) is 4.79 Å². The van der Waals surface area contributed by atoms with Crippen molar-refractivity contribution in [2.24, 2.45) is 0 Å². The Labute approximate surface area is 148 Å². The smallest absolute Gasteiger partial charge is 0.274 e. The highest BCUT2D eigenvalue weighted by Gasteiger charge is 2.46. The second-order valence-electron chi connectivity index (χ2n) is 7.57. The molecule has 25 heavy (non-hydrogen) atoms. The second kappa shape index (κ2) is 5.99. The fourth-order valence-corrected chi connectivity index (χ4v) is 4.04. The molecule has 1 fully saturated rings. The summed E-state index contributed by atoms with van der Waals surface area (Å²) < 4.78 is 5.82. The lowest BCUT2D eigenvalue weighted by Gasteiger charge is -2.27. The van der Waals surface area contributed by atoms with Gasteiger partial charge in [-0.3, -0.25) is 9.89 Å². The standard InChI is InChI=1S/C20H25N3O2/c1-13-11-16-17(14(2)25-13)21-22-18(16)19(24)23(3)12-20(9-10-20)15-7-5-4-6-8-15/h4-8,13-14H,9-12H2,1-3H3,(H,21,22)/t13-,14+/m1/s1. The number of benzene rings is 1. The summed E-state index contributed by atoms with van der Waals surface area (Å²) in [5.41, 5.74) is 3.97. The van der Waals surface area contributed by atoms with Crippen molar-refractivity contribution in [3.05, 3.63) is 52.8 Å². The van der Waals surface area contributed by atoms with Crippen LogP contribution >= 0.6 is 0 Å². The number of rotatable bonds is 4. The quantitative estimate of drug-likeness (QED) is 0.930. The second-order valence-corrected chi connectivity index (χ2v) is 7.57. The van der Waals surface area contributed by atoms with Crippen molar-refractivity contribution in [3.8, 4) is 0 Å². The number of hydrogen-bond donors (Lipinski definition) is 1. The SMILES string of the molecule is C[C@@H]1Cc2c(C(=O)N(C)CC3(c4ccccc4)CC3)n[nH]c2[C@H](C)O1. The van der Waals surface area contributed by atoms with Crippen molar-refractivity contribution in [2.75, 3.05) is 13.6 Å². The number of nitrogens with zero attached hydrogens (tertiary/aromatic N) is 2. The third kappa shape index (κ3) is 2.86. The van der Waals surface area contributed by atoms with Gasteiger partial charge in [0.05, 0.1) is 17.9 Å². The number of amides is 1. The first-order valence-corrected chi connectivity index (χ1v) is 9.04. The van der Waals surface area contributed by atoms with E-state index in [0.29, 0.717) is 5.69 Å². The zero-order chi connectivity index (χ0) is 17.6. The Kier molecular flexibility index (Phi) is 3.91. The Morgan fingerprint density at radius 2 is 2.04 bits per heavy atom. The van der Waals surface area contributed by atoms with Crippen molar-refractivity contribution in [1.29, 1.82) is 0 Å². The maximum atomic E-state index is 13.0. The molecule has 1 aliphatic carbocycles. The zero-order valence-electron chi connectivity index (χ0n) is 15.1. The first kappa shape index (κ1) is 16.3. The van der Waals surface area contributed by atoms with Gasteiger partial charge in [0.2, 0.25) is 0 Å². The average molecular weight is 339 g/mol. The third-order valence-electron chi connectivity index (χ3n) is 5.56. The van der Waals surface area contributed by atoms with Crippen LogP contribution in [0.15, 0.2) is 30.3 Å². The van der Waals surface area contributed by atoms with Crippen molar-refractivity contribution in [1.82, 2.24) is 15.1 Å². The van der Waals surface area contributed by atoms with Crippen LogP contribution < -0.4 is 0 Å². The first-order chi connectivity index (χ1) is 12.0. The summed E-state index contributed by atoms with van der Waals surface area (Å²) in [6, 6.07) is 10.5. The number of ether oxygens (including phenoxy) is 1. The number of aromatic nitrogens is 2. The third-order valence-corrected chi connectivity index (χ3v) is 5.56. The van der Waals surface area contributed by atoms with E-state index in [4.69, 9.17) is 4.74 Å². The summed E-state index contributed by atoms with van der Waals surface area (Å²) >= 11 is 0. The van der Waals surface area contributed by atoms with Crippen LogP contribution in [0.5, 0.6) is 0 Å². The summed E-state index contributed by atoms with van der Waals surface area (Å²) in [5, 5.41) is 7.35. The molecule has 1 amide bonds. The number of carbonyl (C=O) groups excluding carboxylic acids is 1. The molecule has 2 heterocycles. The normalized spacial score (nSPS) is 23.8. The minimum absolute atomic E-state index is 0.000932. The molecule has 0 spiro atoms. The summed E-state index contributed by atoms with van der Waals surface area (Å²) in [6.45, 7) is 4.78. The molecule has 1 saturated carbocycles. The molecule has 5 heteroatoms. The molecular formula is C20H25N3O2. The topological polar surface area (TPSA) is 58.2 Å². The van der Waals surface area contributed by atoms with Gasteiger partial charge in [-0.05, 0) is 32.3 Å². The molecule has 0 saturated heterocycles. The van der Waals surface area contributed by atoms with Crippen LogP contribution in [-0.4, -0.2) is 40.7 Å². The number of hydrogen-bond acceptors (Lipinski definition) is 3. The molecule has 2 aromatic rings. The molecule has 132 valence electrons. The highest BCUT2D eigenvalue weighted by molar-refractivity contribution is 5.94. The van der Waals surface area contributed by atoms with Crippen LogP contribution in [-0.2, 0) is 16.6 Å². The lowest BCUT2D eigenvalue weighted by atomic mass is 9.95. The van der Waals surface area contributed by atoms with Crippen molar-refractivity contribution >= 4 is 5.91 Å². The molecule has 4 rings (SSSR count). The van der Waals surface area contributed by atoms with E-state index >= 15 is 0 Å². The Hall–Kier alpha value is -2.14. The summed E-state index contributed by atoms with van der Waals surface area (Å²) in [7, 11) is 1.89. The molecule has 0 unspecified atom stereocenters. The molecule has 0 radical (unpaired) electrons. The highest BCUT2D eigenvalue weighted by atomic mass is 16.5. The Bertz CT molecular complexity index is 779. The number of H-pyrrole nitrogens is 1. The van der Waals surface area contributed by atoms with E-state index < -0.39 is 0 Å². The van der Waals surface area contributed by atoms with Gasteiger partial charge in [-0.1, -0.05) is 30.3 Å². The van der Waals surface area contributed by atoms with Gasteiger partial charge < -0.3 is 9.64 Å². The predicted octanol–water partition coefficient (Wildman–Crippen LogP) is 3.24. The van der Waals surface area contributed by atoms with Crippen LogP contribution in [0.25, 0.3) is 0 Å². The molecule has 0 bridgehead atoms. The number of likely N-dealkylation sites (N-methyl/N-ethyl adjacent to an activating group) is 1. The van der Waals surface area contributed by atoms with Crippen LogP contribution in [0.3, 0.4) is 0 Å². The van der Waals surface area contributed by atoms with Gasteiger partial charge in [-0.15, -0.1) is 0 Å². The minimum atomic E-state index is -0.0443. The minimum Gasteiger partial charge on any atom is -0.369 e. The van der Waals surface area contributed by atoms with E-state index in [2.05, 4.69) is 34.5 Å². The lowest BCUT2D eigenvalue weighted by Crippen LogP contribution is -2.35.